The molecule has 2 aromatic rings. The number of rotatable bonds is 4. The first kappa shape index (κ1) is 13.0. The summed E-state index contributed by atoms with van der Waals surface area (Å²) < 4.78 is 39.1. The SMILES string of the molecule is O=C(O)c1ccc(NS(=O)(=O)c2cn[nH]c2)c(F)c1. The first-order valence-electron chi connectivity index (χ1n) is 4.94. The summed E-state index contributed by atoms with van der Waals surface area (Å²) in [5.41, 5.74) is -0.616. The van der Waals surface area contributed by atoms with E-state index < -0.39 is 21.8 Å². The van der Waals surface area contributed by atoms with Crippen LogP contribution in [-0.4, -0.2) is 29.7 Å². The Morgan fingerprint density at radius 1 is 1.42 bits per heavy atom. The highest BCUT2D eigenvalue weighted by Gasteiger charge is 2.18. The van der Waals surface area contributed by atoms with Gasteiger partial charge in [-0.1, -0.05) is 0 Å². The number of nitrogens with one attached hydrogen (secondary N) is 2. The number of nitrogens with zero attached hydrogens (tertiary/aromatic N) is 1. The molecule has 0 radical (unpaired) electrons. The van der Waals surface area contributed by atoms with Crippen LogP contribution in [0.1, 0.15) is 10.4 Å². The van der Waals surface area contributed by atoms with Crippen molar-refractivity contribution in [2.45, 2.75) is 4.90 Å². The number of carbonyl (C=O) groups is 1. The van der Waals surface area contributed by atoms with Gasteiger partial charge in [0.1, 0.15) is 10.7 Å². The van der Waals surface area contributed by atoms with Crippen LogP contribution in [0.4, 0.5) is 10.1 Å². The second-order valence-corrected chi connectivity index (χ2v) is 5.22. The third-order valence-corrected chi connectivity index (χ3v) is 3.58. The number of halogens is 1. The Bertz CT molecular complexity index is 712. The predicted octanol–water partition coefficient (Wildman–Crippen LogP) is 1.05. The number of H-pyrrole nitrogens is 1. The molecule has 1 heterocycles. The lowest BCUT2D eigenvalue weighted by Crippen LogP contribution is -2.13. The molecule has 0 saturated carbocycles. The van der Waals surface area contributed by atoms with Gasteiger partial charge in [0.15, 0.2) is 0 Å². The summed E-state index contributed by atoms with van der Waals surface area (Å²) in [6, 6.07) is 2.87. The molecule has 3 N–H and O–H groups in total. The molecule has 0 aliphatic heterocycles. The fraction of sp³-hybridized carbons (Fsp3) is 0. The van der Waals surface area contributed by atoms with E-state index >= 15 is 0 Å². The number of hydrogen-bond donors (Lipinski definition) is 3. The molecule has 0 aliphatic rings. The lowest BCUT2D eigenvalue weighted by molar-refractivity contribution is 0.0696. The van der Waals surface area contributed by atoms with Crippen LogP contribution in [0.5, 0.6) is 0 Å². The highest BCUT2D eigenvalue weighted by molar-refractivity contribution is 7.92. The van der Waals surface area contributed by atoms with Crippen LogP contribution in [-0.2, 0) is 10.0 Å². The average Bonchev–Trinajstić information content (AvgIpc) is 2.85. The van der Waals surface area contributed by atoms with E-state index in [0.717, 1.165) is 30.6 Å². The van der Waals surface area contributed by atoms with E-state index in [1.807, 2.05) is 4.72 Å². The molecular formula is C10H8FN3O4S. The number of benzene rings is 1. The fourth-order valence-corrected chi connectivity index (χ4v) is 2.29. The zero-order valence-corrected chi connectivity index (χ0v) is 10.1. The first-order chi connectivity index (χ1) is 8.90. The standard InChI is InChI=1S/C10H8FN3O4S/c11-8-3-6(10(15)16)1-2-9(8)14-19(17,18)7-4-12-13-5-7/h1-5,14H,(H,12,13)(H,15,16). The van der Waals surface area contributed by atoms with Gasteiger partial charge in [-0.3, -0.25) is 9.82 Å². The first-order valence-corrected chi connectivity index (χ1v) is 6.43. The average molecular weight is 285 g/mol. The molecule has 0 fully saturated rings. The molecular weight excluding hydrogens is 277 g/mol. The van der Waals surface area contributed by atoms with Gasteiger partial charge in [0.05, 0.1) is 17.4 Å². The van der Waals surface area contributed by atoms with Gasteiger partial charge in [-0.15, -0.1) is 0 Å². The van der Waals surface area contributed by atoms with Crippen LogP contribution in [0.15, 0.2) is 35.5 Å². The second kappa shape index (κ2) is 4.69. The van der Waals surface area contributed by atoms with Gasteiger partial charge in [0.25, 0.3) is 10.0 Å². The normalized spacial score (nSPS) is 11.2. The molecule has 19 heavy (non-hydrogen) atoms. The van der Waals surface area contributed by atoms with Gasteiger partial charge < -0.3 is 5.11 Å². The zero-order valence-electron chi connectivity index (χ0n) is 9.29. The number of hydrogen-bond acceptors (Lipinski definition) is 4. The molecule has 1 aromatic heterocycles. The zero-order chi connectivity index (χ0) is 14.0. The molecule has 0 bridgehead atoms. The van der Waals surface area contributed by atoms with Crippen LogP contribution in [0.2, 0.25) is 0 Å². The van der Waals surface area contributed by atoms with E-state index in [2.05, 4.69) is 10.2 Å². The topological polar surface area (TPSA) is 112 Å². The van der Waals surface area contributed by atoms with E-state index in [1.54, 1.807) is 0 Å². The Balaban J connectivity index is 2.32. The van der Waals surface area contributed by atoms with Crippen molar-refractivity contribution in [2.75, 3.05) is 4.72 Å². The summed E-state index contributed by atoms with van der Waals surface area (Å²) in [5.74, 6) is -2.28. The number of aromatic carboxylic acids is 1. The Labute approximate surface area is 107 Å². The van der Waals surface area contributed by atoms with Gasteiger partial charge in [0, 0.05) is 6.20 Å². The van der Waals surface area contributed by atoms with E-state index in [1.165, 1.54) is 0 Å². The molecule has 2 rings (SSSR count). The Morgan fingerprint density at radius 2 is 2.16 bits per heavy atom. The Hall–Kier alpha value is -2.42. The number of aromatic nitrogens is 2. The molecule has 9 heteroatoms. The van der Waals surface area contributed by atoms with Crippen molar-refractivity contribution in [3.05, 3.63) is 42.0 Å². The third kappa shape index (κ3) is 2.71. The van der Waals surface area contributed by atoms with Crippen molar-refractivity contribution in [3.63, 3.8) is 0 Å². The van der Waals surface area contributed by atoms with E-state index in [9.17, 15) is 17.6 Å². The summed E-state index contributed by atoms with van der Waals surface area (Å²) in [6.45, 7) is 0. The van der Waals surface area contributed by atoms with E-state index in [4.69, 9.17) is 5.11 Å². The number of anilines is 1. The summed E-state index contributed by atoms with van der Waals surface area (Å²) in [4.78, 5) is 10.5. The van der Waals surface area contributed by atoms with E-state index in [0.29, 0.717) is 0 Å². The summed E-state index contributed by atoms with van der Waals surface area (Å²) >= 11 is 0. The van der Waals surface area contributed by atoms with Crippen molar-refractivity contribution in [1.82, 2.24) is 10.2 Å². The number of aromatic amines is 1. The lowest BCUT2D eigenvalue weighted by atomic mass is 10.2. The van der Waals surface area contributed by atoms with Gasteiger partial charge in [-0.05, 0) is 18.2 Å². The molecule has 7 nitrogen and oxygen atoms in total. The quantitative estimate of drug-likeness (QED) is 0.777. The maximum absolute atomic E-state index is 13.6. The summed E-state index contributed by atoms with van der Waals surface area (Å²) in [5, 5.41) is 14.5. The van der Waals surface area contributed by atoms with Gasteiger partial charge >= 0.3 is 5.97 Å². The number of sulfonamides is 1. The van der Waals surface area contributed by atoms with E-state index in [-0.39, 0.29) is 16.1 Å². The second-order valence-electron chi connectivity index (χ2n) is 3.54. The minimum atomic E-state index is -3.96. The predicted molar refractivity (Wildman–Crippen MR) is 62.8 cm³/mol. The smallest absolute Gasteiger partial charge is 0.335 e. The lowest BCUT2D eigenvalue weighted by Gasteiger charge is -2.07. The molecule has 0 saturated heterocycles. The minimum Gasteiger partial charge on any atom is -0.478 e. The summed E-state index contributed by atoms with van der Waals surface area (Å²) in [7, 11) is -3.96. The Morgan fingerprint density at radius 3 is 2.68 bits per heavy atom. The van der Waals surface area contributed by atoms with Crippen LogP contribution in [0.3, 0.4) is 0 Å². The number of carboxylic acid groups (broad SMARTS) is 1. The fourth-order valence-electron chi connectivity index (χ4n) is 1.32. The van der Waals surface area contributed by atoms with Crippen LogP contribution < -0.4 is 4.72 Å². The monoisotopic (exact) mass is 285 g/mol. The van der Waals surface area contributed by atoms with Crippen molar-refractivity contribution < 1.29 is 22.7 Å². The Kier molecular flexibility index (Phi) is 3.21. The van der Waals surface area contributed by atoms with Gasteiger partial charge in [-0.25, -0.2) is 17.6 Å². The molecule has 0 aliphatic carbocycles. The van der Waals surface area contributed by atoms with Gasteiger partial charge in [-0.2, -0.15) is 5.10 Å². The molecule has 0 atom stereocenters. The molecule has 0 amide bonds. The molecule has 0 spiro atoms. The molecule has 0 unspecified atom stereocenters. The van der Waals surface area contributed by atoms with Crippen molar-refractivity contribution in [2.24, 2.45) is 0 Å². The van der Waals surface area contributed by atoms with Crippen LogP contribution in [0.25, 0.3) is 0 Å². The maximum atomic E-state index is 13.6. The van der Waals surface area contributed by atoms with Gasteiger partial charge in [0.2, 0.25) is 0 Å². The third-order valence-electron chi connectivity index (χ3n) is 2.24. The van der Waals surface area contributed by atoms with Crippen molar-refractivity contribution >= 4 is 21.7 Å². The van der Waals surface area contributed by atoms with Crippen molar-refractivity contribution in [3.8, 4) is 0 Å². The minimum absolute atomic E-state index is 0.158. The van der Waals surface area contributed by atoms with Crippen LogP contribution >= 0.6 is 0 Å². The molecule has 1 aromatic carbocycles. The largest absolute Gasteiger partial charge is 0.478 e. The highest BCUT2D eigenvalue weighted by atomic mass is 32.2. The maximum Gasteiger partial charge on any atom is 0.335 e. The van der Waals surface area contributed by atoms with Crippen LogP contribution in [0, 0.1) is 5.82 Å². The number of carboxylic acids is 1. The highest BCUT2D eigenvalue weighted by Crippen LogP contribution is 2.19. The summed E-state index contributed by atoms with van der Waals surface area (Å²) in [6.07, 6.45) is 2.19. The molecule has 100 valence electrons. The van der Waals surface area contributed by atoms with Crippen molar-refractivity contribution in [1.29, 1.82) is 0 Å².